The van der Waals surface area contributed by atoms with Gasteiger partial charge in [-0.05, 0) is 30.9 Å². The highest BCUT2D eigenvalue weighted by Gasteiger charge is 2.33. The second kappa shape index (κ2) is 5.42. The van der Waals surface area contributed by atoms with Crippen molar-refractivity contribution in [2.45, 2.75) is 37.9 Å². The van der Waals surface area contributed by atoms with Crippen LogP contribution < -0.4 is 0 Å². The number of hydrogen-bond donors (Lipinski definition) is 1. The molecule has 1 aromatic heterocycles. The van der Waals surface area contributed by atoms with Gasteiger partial charge >= 0.3 is 0 Å². The Morgan fingerprint density at radius 3 is 2.89 bits per heavy atom. The zero-order valence-corrected chi connectivity index (χ0v) is 11.3. The summed E-state index contributed by atoms with van der Waals surface area (Å²) in [6.45, 7) is 2.96. The third-order valence-corrected chi connectivity index (χ3v) is 5.07. The lowest BCUT2D eigenvalue weighted by Crippen LogP contribution is -2.28. The molecule has 1 saturated heterocycles. The van der Waals surface area contributed by atoms with Crippen molar-refractivity contribution in [3.8, 4) is 0 Å². The second-order valence-corrected chi connectivity index (χ2v) is 6.55. The maximum atomic E-state index is 12.3. The van der Waals surface area contributed by atoms with Gasteiger partial charge in [-0.25, -0.2) is 8.42 Å². The van der Waals surface area contributed by atoms with Crippen LogP contribution in [0.15, 0.2) is 21.6 Å². The fraction of sp³-hybridized carbons (Fsp3) is 0.667. The number of aliphatic hydroxyl groups excluding tert-OH is 1. The topological polar surface area (TPSA) is 70.8 Å². The monoisotopic (exact) mass is 273 g/mol. The van der Waals surface area contributed by atoms with Crippen LogP contribution in [0.1, 0.15) is 31.9 Å². The Morgan fingerprint density at radius 1 is 1.50 bits per heavy atom. The highest BCUT2D eigenvalue weighted by molar-refractivity contribution is 7.89. The molecule has 0 spiro atoms. The van der Waals surface area contributed by atoms with Gasteiger partial charge in [0.2, 0.25) is 5.09 Å². The van der Waals surface area contributed by atoms with E-state index in [0.717, 1.165) is 19.3 Å². The van der Waals surface area contributed by atoms with Gasteiger partial charge in [0, 0.05) is 13.1 Å². The Labute approximate surface area is 107 Å². The number of nitrogens with zero attached hydrogens (tertiary/aromatic N) is 1. The molecule has 0 bridgehead atoms. The molecule has 1 N–H and O–H groups in total. The Hall–Kier alpha value is -0.850. The summed E-state index contributed by atoms with van der Waals surface area (Å²) in [5.74, 6) is 0.731. The Morgan fingerprint density at radius 2 is 2.28 bits per heavy atom. The molecule has 1 aliphatic rings. The molecule has 0 amide bonds. The summed E-state index contributed by atoms with van der Waals surface area (Å²) in [4.78, 5) is 0. The maximum Gasteiger partial charge on any atom is 0.276 e. The summed E-state index contributed by atoms with van der Waals surface area (Å²) in [6, 6.07) is 2.90. The molecule has 5 nitrogen and oxygen atoms in total. The number of furan rings is 1. The molecule has 1 aromatic rings. The van der Waals surface area contributed by atoms with E-state index in [4.69, 9.17) is 9.52 Å². The molecule has 2 rings (SSSR count). The van der Waals surface area contributed by atoms with Gasteiger partial charge in [0.05, 0.1) is 0 Å². The molecule has 1 fully saturated rings. The third-order valence-electron chi connectivity index (χ3n) is 3.33. The van der Waals surface area contributed by atoms with Crippen LogP contribution in [0.25, 0.3) is 0 Å². The highest BCUT2D eigenvalue weighted by atomic mass is 32.2. The molecule has 2 heterocycles. The number of sulfonamides is 1. The molecule has 1 aliphatic heterocycles. The molecule has 0 saturated carbocycles. The Bertz CT molecular complexity index is 494. The predicted molar refractivity (Wildman–Crippen MR) is 66.4 cm³/mol. The van der Waals surface area contributed by atoms with Gasteiger partial charge in [-0.1, -0.05) is 13.3 Å². The molecule has 102 valence electrons. The first kappa shape index (κ1) is 13.6. The van der Waals surface area contributed by atoms with E-state index in [0.29, 0.717) is 19.0 Å². The van der Waals surface area contributed by atoms with Crippen molar-refractivity contribution in [3.63, 3.8) is 0 Å². The molecule has 0 radical (unpaired) electrons. The maximum absolute atomic E-state index is 12.3. The number of aliphatic hydroxyl groups is 1. The number of hydrogen-bond acceptors (Lipinski definition) is 4. The van der Waals surface area contributed by atoms with E-state index in [-0.39, 0.29) is 17.5 Å². The van der Waals surface area contributed by atoms with Gasteiger partial charge in [-0.3, -0.25) is 0 Å². The van der Waals surface area contributed by atoms with E-state index in [1.165, 1.54) is 16.4 Å². The largest absolute Gasteiger partial charge is 0.446 e. The van der Waals surface area contributed by atoms with Crippen LogP contribution in [0.2, 0.25) is 0 Å². The average molecular weight is 273 g/mol. The Kier molecular flexibility index (Phi) is 4.09. The van der Waals surface area contributed by atoms with Gasteiger partial charge in [0.15, 0.2) is 0 Å². The van der Waals surface area contributed by atoms with Gasteiger partial charge in [0.1, 0.15) is 12.4 Å². The fourth-order valence-electron chi connectivity index (χ4n) is 2.37. The Balaban J connectivity index is 2.12. The van der Waals surface area contributed by atoms with Gasteiger partial charge < -0.3 is 9.52 Å². The summed E-state index contributed by atoms with van der Waals surface area (Å²) in [5.41, 5.74) is 0. The first-order valence-corrected chi connectivity index (χ1v) is 7.71. The van der Waals surface area contributed by atoms with Gasteiger partial charge in [-0.2, -0.15) is 4.31 Å². The standard InChI is InChI=1S/C12H19NO4S/c1-2-3-10-6-7-13(8-10)18(15,16)12-5-4-11(9-14)17-12/h4-5,10,14H,2-3,6-9H2,1H3. The predicted octanol–water partition coefficient (Wildman–Crippen LogP) is 1.58. The van der Waals surface area contributed by atoms with Crippen LogP contribution in [0.4, 0.5) is 0 Å². The summed E-state index contributed by atoms with van der Waals surface area (Å²) >= 11 is 0. The van der Waals surface area contributed by atoms with Crippen molar-refractivity contribution in [3.05, 3.63) is 17.9 Å². The fourth-order valence-corrected chi connectivity index (χ4v) is 3.83. The summed E-state index contributed by atoms with van der Waals surface area (Å²) in [6.07, 6.45) is 3.06. The highest BCUT2D eigenvalue weighted by Crippen LogP contribution is 2.27. The van der Waals surface area contributed by atoms with Crippen molar-refractivity contribution >= 4 is 10.0 Å². The van der Waals surface area contributed by atoms with Crippen LogP contribution in [0.3, 0.4) is 0 Å². The summed E-state index contributed by atoms with van der Waals surface area (Å²) in [5, 5.41) is 8.83. The number of rotatable bonds is 5. The van der Waals surface area contributed by atoms with E-state index in [9.17, 15) is 8.42 Å². The van der Waals surface area contributed by atoms with Crippen LogP contribution >= 0.6 is 0 Å². The normalized spacial score (nSPS) is 21.6. The third kappa shape index (κ3) is 2.60. The van der Waals surface area contributed by atoms with E-state index < -0.39 is 10.0 Å². The molecular weight excluding hydrogens is 254 g/mol. The second-order valence-electron chi connectivity index (χ2n) is 4.69. The zero-order valence-electron chi connectivity index (χ0n) is 10.5. The van der Waals surface area contributed by atoms with E-state index in [1.807, 2.05) is 0 Å². The van der Waals surface area contributed by atoms with Crippen LogP contribution in [0.5, 0.6) is 0 Å². The van der Waals surface area contributed by atoms with Gasteiger partial charge in [0.25, 0.3) is 10.0 Å². The van der Waals surface area contributed by atoms with Crippen molar-refractivity contribution in [2.24, 2.45) is 5.92 Å². The molecule has 0 aromatic carbocycles. The average Bonchev–Trinajstić information content (AvgIpc) is 2.98. The molecule has 1 atom stereocenters. The molecular formula is C12H19NO4S. The quantitative estimate of drug-likeness (QED) is 0.884. The van der Waals surface area contributed by atoms with Gasteiger partial charge in [-0.15, -0.1) is 0 Å². The minimum absolute atomic E-state index is 0.0660. The minimum atomic E-state index is -3.52. The molecule has 0 aliphatic carbocycles. The summed E-state index contributed by atoms with van der Waals surface area (Å²) in [7, 11) is -3.52. The molecule has 1 unspecified atom stereocenters. The zero-order chi connectivity index (χ0) is 13.2. The molecule has 18 heavy (non-hydrogen) atoms. The lowest BCUT2D eigenvalue weighted by Gasteiger charge is -2.14. The van der Waals surface area contributed by atoms with E-state index >= 15 is 0 Å². The van der Waals surface area contributed by atoms with E-state index in [1.54, 1.807) is 0 Å². The first-order valence-electron chi connectivity index (χ1n) is 6.27. The van der Waals surface area contributed by atoms with Crippen LogP contribution in [0, 0.1) is 5.92 Å². The van der Waals surface area contributed by atoms with Crippen molar-refractivity contribution < 1.29 is 17.9 Å². The smallest absolute Gasteiger partial charge is 0.276 e. The summed E-state index contributed by atoms with van der Waals surface area (Å²) < 4.78 is 31.1. The first-order chi connectivity index (χ1) is 8.57. The minimum Gasteiger partial charge on any atom is -0.446 e. The van der Waals surface area contributed by atoms with Crippen molar-refractivity contribution in [2.75, 3.05) is 13.1 Å². The lowest BCUT2D eigenvalue weighted by molar-refractivity contribution is 0.235. The SMILES string of the molecule is CCCC1CCN(S(=O)(=O)c2ccc(CO)o2)C1. The van der Waals surface area contributed by atoms with Crippen LogP contribution in [-0.4, -0.2) is 30.9 Å². The van der Waals surface area contributed by atoms with Crippen molar-refractivity contribution in [1.29, 1.82) is 0 Å². The molecule has 6 heteroatoms. The van der Waals surface area contributed by atoms with E-state index in [2.05, 4.69) is 6.92 Å². The van der Waals surface area contributed by atoms with Crippen LogP contribution in [-0.2, 0) is 16.6 Å². The lowest BCUT2D eigenvalue weighted by atomic mass is 10.0. The van der Waals surface area contributed by atoms with Crippen molar-refractivity contribution in [1.82, 2.24) is 4.31 Å².